The summed E-state index contributed by atoms with van der Waals surface area (Å²) in [7, 11) is 2.40. The molecule has 4 aromatic rings. The third-order valence-electron chi connectivity index (χ3n) is 5.29. The summed E-state index contributed by atoms with van der Waals surface area (Å²) in [5.41, 5.74) is 1.35. The SMILES string of the molecule is COC(=O)c1c(-c2ccccc2OCn2nc([N+](=O)[O-])cc2C)nn(-c2ccccc2)c1C(=O)OC. The van der Waals surface area contributed by atoms with Crippen molar-refractivity contribution >= 4 is 17.8 Å². The number of rotatable bonds is 8. The van der Waals surface area contributed by atoms with E-state index in [1.54, 1.807) is 61.5 Å². The third kappa shape index (κ3) is 4.51. The summed E-state index contributed by atoms with van der Waals surface area (Å²) in [5.74, 6) is -1.58. The van der Waals surface area contributed by atoms with E-state index in [1.165, 1.54) is 29.6 Å². The van der Waals surface area contributed by atoms with Gasteiger partial charge in [0.15, 0.2) is 5.69 Å². The van der Waals surface area contributed by atoms with Gasteiger partial charge in [-0.05, 0) is 36.1 Å². The Balaban J connectivity index is 1.84. The molecule has 0 aliphatic rings. The number of esters is 2. The second-order valence-electron chi connectivity index (χ2n) is 7.47. The monoisotopic (exact) mass is 491 g/mol. The Morgan fingerprint density at radius 1 is 0.972 bits per heavy atom. The molecule has 0 fully saturated rings. The van der Waals surface area contributed by atoms with Crippen molar-refractivity contribution in [1.29, 1.82) is 0 Å². The van der Waals surface area contributed by atoms with Crippen LogP contribution in [0.4, 0.5) is 5.82 Å². The van der Waals surface area contributed by atoms with Gasteiger partial charge in [0.1, 0.15) is 17.0 Å². The van der Waals surface area contributed by atoms with Gasteiger partial charge < -0.3 is 24.3 Å². The zero-order chi connectivity index (χ0) is 25.8. The Bertz CT molecular complexity index is 1440. The van der Waals surface area contributed by atoms with Crippen LogP contribution in [-0.4, -0.2) is 50.6 Å². The predicted octanol–water partition coefficient (Wildman–Crippen LogP) is 3.56. The highest BCUT2D eigenvalue weighted by Crippen LogP contribution is 2.35. The normalized spacial score (nSPS) is 10.6. The Kier molecular flexibility index (Phi) is 6.77. The van der Waals surface area contributed by atoms with Gasteiger partial charge in [-0.1, -0.05) is 30.3 Å². The van der Waals surface area contributed by atoms with Crippen molar-refractivity contribution in [2.45, 2.75) is 13.7 Å². The predicted molar refractivity (Wildman–Crippen MR) is 126 cm³/mol. The average molecular weight is 491 g/mol. The number of carbonyl (C=O) groups is 2. The fraction of sp³-hybridized carbons (Fsp3) is 0.167. The molecule has 4 rings (SSSR count). The number of ether oxygens (including phenoxy) is 3. The molecule has 0 radical (unpaired) electrons. The average Bonchev–Trinajstić information content (AvgIpc) is 3.48. The van der Waals surface area contributed by atoms with Crippen molar-refractivity contribution in [3.63, 3.8) is 0 Å². The van der Waals surface area contributed by atoms with E-state index in [0.717, 1.165) is 0 Å². The van der Waals surface area contributed by atoms with Crippen molar-refractivity contribution in [2.75, 3.05) is 14.2 Å². The zero-order valence-electron chi connectivity index (χ0n) is 19.6. The van der Waals surface area contributed by atoms with Crippen LogP contribution in [0.5, 0.6) is 5.75 Å². The Morgan fingerprint density at radius 2 is 1.64 bits per heavy atom. The smallest absolute Gasteiger partial charge is 0.390 e. The minimum absolute atomic E-state index is 0.102. The highest BCUT2D eigenvalue weighted by molar-refractivity contribution is 6.07. The Labute approximate surface area is 204 Å². The first-order chi connectivity index (χ1) is 17.3. The van der Waals surface area contributed by atoms with E-state index in [-0.39, 0.29) is 29.5 Å². The number of benzene rings is 2. The molecule has 0 spiro atoms. The minimum Gasteiger partial charge on any atom is -0.469 e. The molecule has 0 amide bonds. The molecule has 0 aliphatic carbocycles. The molecule has 2 heterocycles. The Hall–Kier alpha value is -5.00. The number of aryl methyl sites for hydroxylation is 1. The molecule has 0 bridgehead atoms. The summed E-state index contributed by atoms with van der Waals surface area (Å²) < 4.78 is 18.5. The van der Waals surface area contributed by atoms with Crippen molar-refractivity contribution < 1.29 is 28.7 Å². The van der Waals surface area contributed by atoms with Crippen molar-refractivity contribution in [3.05, 3.63) is 87.7 Å². The van der Waals surface area contributed by atoms with Gasteiger partial charge >= 0.3 is 17.8 Å². The van der Waals surface area contributed by atoms with E-state index < -0.39 is 16.9 Å². The number of aromatic nitrogens is 4. The van der Waals surface area contributed by atoms with E-state index in [2.05, 4.69) is 10.2 Å². The Morgan fingerprint density at radius 3 is 2.28 bits per heavy atom. The number of hydrogen-bond acceptors (Lipinski definition) is 9. The van der Waals surface area contributed by atoms with Gasteiger partial charge in [0.05, 0.1) is 36.8 Å². The molecule has 0 saturated heterocycles. The van der Waals surface area contributed by atoms with E-state index in [1.807, 2.05) is 0 Å². The lowest BCUT2D eigenvalue weighted by molar-refractivity contribution is -0.389. The van der Waals surface area contributed by atoms with Crippen molar-refractivity contribution in [3.8, 4) is 22.7 Å². The fourth-order valence-corrected chi connectivity index (χ4v) is 3.57. The molecule has 2 aromatic carbocycles. The number of carbonyl (C=O) groups excluding carboxylic acids is 2. The molecule has 2 aromatic heterocycles. The topological polar surface area (TPSA) is 141 Å². The van der Waals surface area contributed by atoms with Gasteiger partial charge in [-0.15, -0.1) is 4.68 Å². The zero-order valence-corrected chi connectivity index (χ0v) is 19.6. The van der Waals surface area contributed by atoms with Gasteiger partial charge in [0.2, 0.25) is 6.73 Å². The van der Waals surface area contributed by atoms with Gasteiger partial charge in [0.25, 0.3) is 0 Å². The molecule has 0 aliphatic heterocycles. The van der Waals surface area contributed by atoms with Gasteiger partial charge in [-0.3, -0.25) is 0 Å². The van der Waals surface area contributed by atoms with Crippen LogP contribution in [0, 0.1) is 17.0 Å². The molecule has 0 N–H and O–H groups in total. The first-order valence-corrected chi connectivity index (χ1v) is 10.6. The molecule has 12 heteroatoms. The number of nitro groups is 1. The summed E-state index contributed by atoms with van der Waals surface area (Å²) in [5, 5.41) is 19.5. The molecule has 12 nitrogen and oxygen atoms in total. The fourth-order valence-electron chi connectivity index (χ4n) is 3.57. The lowest BCUT2D eigenvalue weighted by Gasteiger charge is -2.10. The van der Waals surface area contributed by atoms with Crippen LogP contribution in [0.25, 0.3) is 16.9 Å². The van der Waals surface area contributed by atoms with Gasteiger partial charge in [-0.25, -0.2) is 14.3 Å². The molecule has 0 unspecified atom stereocenters. The number of hydrogen-bond donors (Lipinski definition) is 0. The highest BCUT2D eigenvalue weighted by Gasteiger charge is 2.32. The first-order valence-electron chi connectivity index (χ1n) is 10.6. The van der Waals surface area contributed by atoms with E-state index in [0.29, 0.717) is 22.7 Å². The van der Waals surface area contributed by atoms with Crippen LogP contribution in [-0.2, 0) is 16.2 Å². The second-order valence-corrected chi connectivity index (χ2v) is 7.47. The molecular formula is C24H21N5O7. The third-order valence-corrected chi connectivity index (χ3v) is 5.29. The van der Waals surface area contributed by atoms with Crippen molar-refractivity contribution in [2.24, 2.45) is 0 Å². The molecular weight excluding hydrogens is 470 g/mol. The minimum atomic E-state index is -0.791. The quantitative estimate of drug-likeness (QED) is 0.205. The van der Waals surface area contributed by atoms with Crippen LogP contribution in [0.15, 0.2) is 60.7 Å². The van der Waals surface area contributed by atoms with Crippen LogP contribution >= 0.6 is 0 Å². The number of para-hydroxylation sites is 2. The maximum absolute atomic E-state index is 12.9. The summed E-state index contributed by atoms with van der Waals surface area (Å²) >= 11 is 0. The molecule has 0 saturated carbocycles. The van der Waals surface area contributed by atoms with Crippen LogP contribution in [0.2, 0.25) is 0 Å². The van der Waals surface area contributed by atoms with Gasteiger partial charge in [0, 0.05) is 5.56 Å². The number of methoxy groups -OCH3 is 2. The molecule has 0 atom stereocenters. The lowest BCUT2D eigenvalue weighted by atomic mass is 10.0. The van der Waals surface area contributed by atoms with Crippen molar-refractivity contribution in [1.82, 2.24) is 19.6 Å². The molecule has 36 heavy (non-hydrogen) atoms. The van der Waals surface area contributed by atoms with Gasteiger partial charge in [-0.2, -0.15) is 5.10 Å². The van der Waals surface area contributed by atoms with Crippen LogP contribution in [0.1, 0.15) is 26.5 Å². The van der Waals surface area contributed by atoms with E-state index >= 15 is 0 Å². The second kappa shape index (κ2) is 10.1. The maximum atomic E-state index is 12.9. The summed E-state index contributed by atoms with van der Waals surface area (Å²) in [6.45, 7) is 1.52. The first kappa shape index (κ1) is 24.1. The highest BCUT2D eigenvalue weighted by atomic mass is 16.6. The van der Waals surface area contributed by atoms with Crippen LogP contribution in [0.3, 0.4) is 0 Å². The molecule has 184 valence electrons. The summed E-state index contributed by atoms with van der Waals surface area (Å²) in [6, 6.07) is 16.8. The number of nitrogens with zero attached hydrogens (tertiary/aromatic N) is 5. The van der Waals surface area contributed by atoms with Crippen LogP contribution < -0.4 is 4.74 Å². The van der Waals surface area contributed by atoms with E-state index in [4.69, 9.17) is 14.2 Å². The summed E-state index contributed by atoms with van der Waals surface area (Å²) in [4.78, 5) is 36.1. The van der Waals surface area contributed by atoms with E-state index in [9.17, 15) is 19.7 Å². The largest absolute Gasteiger partial charge is 0.469 e. The summed E-state index contributed by atoms with van der Waals surface area (Å²) in [6.07, 6.45) is 0. The lowest BCUT2D eigenvalue weighted by Crippen LogP contribution is -2.15. The maximum Gasteiger partial charge on any atom is 0.390 e. The standard InChI is InChI=1S/C24H21N5O7/c1-15-13-19(29(32)33)25-27(15)14-36-18-12-8-7-11-17(18)21-20(23(30)34-2)22(24(31)35-3)28(26-21)16-9-5-4-6-10-16/h4-13H,14H2,1-3H3.